The van der Waals surface area contributed by atoms with Crippen LogP contribution in [0.4, 0.5) is 0 Å². The lowest BCUT2D eigenvalue weighted by atomic mass is 9.96. The van der Waals surface area contributed by atoms with Gasteiger partial charge in [0.25, 0.3) is 0 Å². The molecular weight excluding hydrogens is 356 g/mol. The highest BCUT2D eigenvalue weighted by Crippen LogP contribution is 2.37. The second kappa shape index (κ2) is 7.29. The highest BCUT2D eigenvalue weighted by Gasteiger charge is 2.22. The average molecular weight is 388 g/mol. The number of pyridine rings is 2. The molecule has 0 aliphatic rings. The van der Waals surface area contributed by atoms with Crippen molar-refractivity contribution in [3.63, 3.8) is 0 Å². The molecule has 0 unspecified atom stereocenters. The molecule has 0 aliphatic carbocycles. The van der Waals surface area contributed by atoms with E-state index in [2.05, 4.69) is 89.7 Å². The van der Waals surface area contributed by atoms with E-state index in [1.54, 1.807) is 0 Å². The van der Waals surface area contributed by atoms with E-state index in [1.165, 1.54) is 22.4 Å². The molecule has 3 aromatic heterocycles. The van der Waals surface area contributed by atoms with Crippen molar-refractivity contribution >= 4 is 22.1 Å². The molecule has 29 heavy (non-hydrogen) atoms. The van der Waals surface area contributed by atoms with Gasteiger partial charge < -0.3 is 4.42 Å². The topological polar surface area (TPSA) is 29.9 Å². The average Bonchev–Trinajstić information content (AvgIpc) is 3.02. The summed E-state index contributed by atoms with van der Waals surface area (Å²) in [7, 11) is 2.13. The fourth-order valence-corrected chi connectivity index (χ4v) is 4.18. The van der Waals surface area contributed by atoms with Crippen molar-refractivity contribution in [2.24, 2.45) is 13.0 Å². The summed E-state index contributed by atoms with van der Waals surface area (Å²) in [6.07, 6.45) is 3.37. The van der Waals surface area contributed by atoms with E-state index in [1.807, 2.05) is 0 Å². The van der Waals surface area contributed by atoms with Crippen LogP contribution in [0.2, 0.25) is 0 Å². The fourth-order valence-electron chi connectivity index (χ4n) is 4.18. The SMILES string of the molecule is Cc1cc(-c2c(C)ccc3c2oc2nc(C(C)C)ccc23)[n+](C)cc1CC(C)C. The van der Waals surface area contributed by atoms with Crippen molar-refractivity contribution in [2.45, 2.75) is 53.9 Å². The van der Waals surface area contributed by atoms with Crippen LogP contribution in [0.5, 0.6) is 0 Å². The number of aryl methyl sites for hydroxylation is 3. The number of furan rings is 1. The summed E-state index contributed by atoms with van der Waals surface area (Å²) in [5.41, 5.74) is 9.02. The third-order valence-corrected chi connectivity index (χ3v) is 5.80. The molecule has 4 aromatic rings. The molecule has 1 aromatic carbocycles. The van der Waals surface area contributed by atoms with Crippen LogP contribution in [0.25, 0.3) is 33.3 Å². The predicted molar refractivity (Wildman–Crippen MR) is 120 cm³/mol. The zero-order valence-corrected chi connectivity index (χ0v) is 18.6. The first kappa shape index (κ1) is 19.6. The first-order valence-electron chi connectivity index (χ1n) is 10.6. The van der Waals surface area contributed by atoms with E-state index >= 15 is 0 Å². The Kier molecular flexibility index (Phi) is 4.94. The predicted octanol–water partition coefficient (Wildman–Crippen LogP) is 6.41. The Morgan fingerprint density at radius 1 is 0.966 bits per heavy atom. The maximum absolute atomic E-state index is 6.37. The summed E-state index contributed by atoms with van der Waals surface area (Å²) < 4.78 is 8.62. The van der Waals surface area contributed by atoms with Gasteiger partial charge in [-0.05, 0) is 55.4 Å². The normalized spacial score (nSPS) is 12.0. The van der Waals surface area contributed by atoms with Crippen LogP contribution >= 0.6 is 0 Å². The Morgan fingerprint density at radius 2 is 1.69 bits per heavy atom. The first-order valence-corrected chi connectivity index (χ1v) is 10.6. The molecule has 150 valence electrons. The van der Waals surface area contributed by atoms with Crippen molar-refractivity contribution in [2.75, 3.05) is 0 Å². The monoisotopic (exact) mass is 387 g/mol. The summed E-state index contributed by atoms with van der Waals surface area (Å²) in [4.78, 5) is 4.79. The summed E-state index contributed by atoms with van der Waals surface area (Å²) in [5, 5.41) is 2.22. The third-order valence-electron chi connectivity index (χ3n) is 5.80. The minimum absolute atomic E-state index is 0.378. The smallest absolute Gasteiger partial charge is 0.227 e. The zero-order chi connectivity index (χ0) is 20.9. The van der Waals surface area contributed by atoms with Crippen LogP contribution in [0.15, 0.2) is 40.9 Å². The lowest BCUT2D eigenvalue weighted by Crippen LogP contribution is -2.32. The Bertz CT molecular complexity index is 1210. The van der Waals surface area contributed by atoms with E-state index in [0.29, 0.717) is 11.8 Å². The summed E-state index contributed by atoms with van der Waals surface area (Å²) in [5.74, 6) is 1.02. The number of fused-ring (bicyclic) bond motifs is 3. The molecule has 0 saturated heterocycles. The third kappa shape index (κ3) is 3.43. The van der Waals surface area contributed by atoms with E-state index in [-0.39, 0.29) is 0 Å². The zero-order valence-electron chi connectivity index (χ0n) is 18.6. The molecule has 0 saturated carbocycles. The summed E-state index contributed by atoms with van der Waals surface area (Å²) >= 11 is 0. The number of benzene rings is 1. The second-order valence-corrected chi connectivity index (χ2v) is 9.06. The minimum atomic E-state index is 0.378. The van der Waals surface area contributed by atoms with E-state index in [0.717, 1.165) is 39.7 Å². The Morgan fingerprint density at radius 3 is 2.38 bits per heavy atom. The molecule has 0 N–H and O–H groups in total. The van der Waals surface area contributed by atoms with Gasteiger partial charge in [-0.3, -0.25) is 0 Å². The van der Waals surface area contributed by atoms with Gasteiger partial charge >= 0.3 is 0 Å². The highest BCUT2D eigenvalue weighted by atomic mass is 16.3. The van der Waals surface area contributed by atoms with Crippen LogP contribution in [-0.2, 0) is 13.5 Å². The van der Waals surface area contributed by atoms with Crippen LogP contribution in [0.3, 0.4) is 0 Å². The first-order chi connectivity index (χ1) is 13.8. The quantitative estimate of drug-likeness (QED) is 0.379. The van der Waals surface area contributed by atoms with E-state index in [9.17, 15) is 0 Å². The molecule has 0 fully saturated rings. The summed E-state index contributed by atoms with van der Waals surface area (Å²) in [6, 6.07) is 10.9. The van der Waals surface area contributed by atoms with E-state index < -0.39 is 0 Å². The lowest BCUT2D eigenvalue weighted by molar-refractivity contribution is -0.660. The van der Waals surface area contributed by atoms with Gasteiger partial charge in [-0.2, -0.15) is 0 Å². The molecule has 3 heteroatoms. The maximum Gasteiger partial charge on any atom is 0.227 e. The van der Waals surface area contributed by atoms with Crippen LogP contribution in [0, 0.1) is 19.8 Å². The van der Waals surface area contributed by atoms with Gasteiger partial charge in [0.2, 0.25) is 11.4 Å². The Hall–Kier alpha value is -2.68. The fraction of sp³-hybridized carbons (Fsp3) is 0.385. The molecule has 4 rings (SSSR count). The molecule has 3 heterocycles. The van der Waals surface area contributed by atoms with Gasteiger partial charge in [0.15, 0.2) is 11.8 Å². The van der Waals surface area contributed by atoms with Crippen LogP contribution in [-0.4, -0.2) is 4.98 Å². The number of hydrogen-bond donors (Lipinski definition) is 0. The van der Waals surface area contributed by atoms with Crippen molar-refractivity contribution in [1.29, 1.82) is 0 Å². The van der Waals surface area contributed by atoms with Crippen molar-refractivity contribution < 1.29 is 8.98 Å². The van der Waals surface area contributed by atoms with Crippen LogP contribution < -0.4 is 4.57 Å². The van der Waals surface area contributed by atoms with Crippen molar-refractivity contribution in [3.05, 3.63) is 58.9 Å². The van der Waals surface area contributed by atoms with Crippen molar-refractivity contribution in [3.8, 4) is 11.3 Å². The highest BCUT2D eigenvalue weighted by molar-refractivity contribution is 6.08. The van der Waals surface area contributed by atoms with Gasteiger partial charge in [0.1, 0.15) is 7.05 Å². The minimum Gasteiger partial charge on any atom is -0.437 e. The van der Waals surface area contributed by atoms with Gasteiger partial charge in [-0.1, -0.05) is 39.8 Å². The molecule has 0 aliphatic heterocycles. The number of rotatable bonds is 4. The molecule has 0 atom stereocenters. The van der Waals surface area contributed by atoms with Gasteiger partial charge in [0, 0.05) is 28.1 Å². The summed E-state index contributed by atoms with van der Waals surface area (Å²) in [6.45, 7) is 13.2. The van der Waals surface area contributed by atoms with Gasteiger partial charge in [-0.15, -0.1) is 0 Å². The van der Waals surface area contributed by atoms with Crippen molar-refractivity contribution in [1.82, 2.24) is 4.98 Å². The second-order valence-electron chi connectivity index (χ2n) is 9.06. The molecule has 3 nitrogen and oxygen atoms in total. The Labute approximate surface area is 173 Å². The largest absolute Gasteiger partial charge is 0.437 e. The molecule has 0 amide bonds. The van der Waals surface area contributed by atoms with Gasteiger partial charge in [-0.25, -0.2) is 9.55 Å². The molecule has 0 spiro atoms. The lowest BCUT2D eigenvalue weighted by Gasteiger charge is -2.11. The molecular formula is C26H31N2O+. The number of aromatic nitrogens is 2. The molecule has 0 radical (unpaired) electrons. The van der Waals surface area contributed by atoms with E-state index in [4.69, 9.17) is 9.40 Å². The number of nitrogens with zero attached hydrogens (tertiary/aromatic N) is 2. The molecule has 0 bridgehead atoms. The maximum atomic E-state index is 6.37. The van der Waals surface area contributed by atoms with Crippen LogP contribution in [0.1, 0.15) is 56.0 Å². The Balaban J connectivity index is 1.97. The van der Waals surface area contributed by atoms with Gasteiger partial charge in [0.05, 0.1) is 5.56 Å². The number of hydrogen-bond acceptors (Lipinski definition) is 2. The standard InChI is InChI=1S/C26H31N2O/c1-15(2)12-19-14-28(7)23(13-18(19)6)24-17(5)8-9-20-21-10-11-22(16(3)4)27-26(21)29-25(20)24/h8-11,13-16H,12H2,1-7H3/q+1.